The molecule has 1 aliphatic carbocycles. The van der Waals surface area contributed by atoms with E-state index in [4.69, 9.17) is 0 Å². The summed E-state index contributed by atoms with van der Waals surface area (Å²) in [6.45, 7) is 2.28. The van der Waals surface area contributed by atoms with Crippen molar-refractivity contribution in [3.63, 3.8) is 0 Å². The number of pyridine rings is 2. The highest BCUT2D eigenvalue weighted by Gasteiger charge is 2.38. The van der Waals surface area contributed by atoms with E-state index in [0.29, 0.717) is 23.9 Å². The van der Waals surface area contributed by atoms with E-state index in [2.05, 4.69) is 16.0 Å². The number of hydrogen-bond donors (Lipinski definition) is 0. The first-order valence-corrected chi connectivity index (χ1v) is 10.6. The molecule has 1 saturated heterocycles. The van der Waals surface area contributed by atoms with Gasteiger partial charge in [0, 0.05) is 60.7 Å². The lowest BCUT2D eigenvalue weighted by Crippen LogP contribution is -2.50. The number of piperidine rings is 1. The minimum Gasteiger partial charge on any atom is -0.341 e. The minimum atomic E-state index is 0.0762. The molecule has 0 spiro atoms. The molecule has 5 heteroatoms. The van der Waals surface area contributed by atoms with Crippen molar-refractivity contribution in [2.75, 3.05) is 13.1 Å². The van der Waals surface area contributed by atoms with Crippen LogP contribution in [0.1, 0.15) is 50.1 Å². The van der Waals surface area contributed by atoms with Gasteiger partial charge in [0.05, 0.1) is 0 Å². The number of carbonyl (C=O) groups is 1. The van der Waals surface area contributed by atoms with Crippen LogP contribution < -0.4 is 5.56 Å². The van der Waals surface area contributed by atoms with Crippen LogP contribution in [-0.4, -0.2) is 33.4 Å². The van der Waals surface area contributed by atoms with E-state index >= 15 is 0 Å². The molecule has 2 aromatic heterocycles. The molecule has 4 heterocycles. The molecule has 5 nitrogen and oxygen atoms in total. The Morgan fingerprint density at radius 3 is 2.68 bits per heavy atom. The highest BCUT2D eigenvalue weighted by atomic mass is 16.2. The summed E-state index contributed by atoms with van der Waals surface area (Å²) in [6, 6.07) is 7.83. The Hall–Kier alpha value is -2.43. The summed E-state index contributed by atoms with van der Waals surface area (Å²) in [6.07, 6.45) is 10.3. The van der Waals surface area contributed by atoms with E-state index in [1.807, 2.05) is 22.8 Å². The summed E-state index contributed by atoms with van der Waals surface area (Å²) < 4.78 is 1.96. The summed E-state index contributed by atoms with van der Waals surface area (Å²) in [5.74, 6) is 1.23. The van der Waals surface area contributed by atoms with Crippen molar-refractivity contribution in [3.05, 3.63) is 52.7 Å². The van der Waals surface area contributed by atoms with Crippen molar-refractivity contribution in [1.29, 1.82) is 0 Å². The van der Waals surface area contributed by atoms with E-state index in [9.17, 15) is 9.59 Å². The largest absolute Gasteiger partial charge is 0.341 e. The number of hydrogen-bond acceptors (Lipinski definition) is 3. The lowest BCUT2D eigenvalue weighted by atomic mass is 9.81. The number of likely N-dealkylation sites (tertiary alicyclic amines) is 1. The van der Waals surface area contributed by atoms with Crippen LogP contribution in [0.2, 0.25) is 0 Å². The number of carbonyl (C=O) groups excluding carboxylic acids is 1. The average Bonchev–Trinajstić information content (AvgIpc) is 2.75. The van der Waals surface area contributed by atoms with Crippen LogP contribution in [0.3, 0.4) is 0 Å². The summed E-state index contributed by atoms with van der Waals surface area (Å²) in [7, 11) is 0. The van der Waals surface area contributed by atoms with Gasteiger partial charge in [-0.15, -0.1) is 0 Å². The fraction of sp³-hybridized carbons (Fsp3) is 0.522. The molecule has 1 amide bonds. The maximum absolute atomic E-state index is 13.2. The maximum Gasteiger partial charge on any atom is 0.258 e. The van der Waals surface area contributed by atoms with E-state index < -0.39 is 0 Å². The van der Waals surface area contributed by atoms with Crippen molar-refractivity contribution < 1.29 is 4.79 Å². The SMILES string of the molecule is O=C(C1CCCCC1)N1C[C@@H]2C[C@H](C1)c1ccc(-c3cccnc3)c(=O)n1C2. The van der Waals surface area contributed by atoms with Gasteiger partial charge >= 0.3 is 0 Å². The van der Waals surface area contributed by atoms with Crippen molar-refractivity contribution in [2.24, 2.45) is 11.8 Å². The predicted molar refractivity (Wildman–Crippen MR) is 108 cm³/mol. The second-order valence-corrected chi connectivity index (χ2v) is 8.71. The van der Waals surface area contributed by atoms with Gasteiger partial charge in [-0.2, -0.15) is 0 Å². The number of rotatable bonds is 2. The maximum atomic E-state index is 13.2. The topological polar surface area (TPSA) is 55.2 Å². The number of nitrogens with zero attached hydrogens (tertiary/aromatic N) is 3. The van der Waals surface area contributed by atoms with Gasteiger partial charge in [0.15, 0.2) is 0 Å². The van der Waals surface area contributed by atoms with E-state index in [1.165, 1.54) is 19.3 Å². The van der Waals surface area contributed by atoms with Gasteiger partial charge in [0.25, 0.3) is 5.56 Å². The zero-order valence-corrected chi connectivity index (χ0v) is 16.2. The van der Waals surface area contributed by atoms with Crippen LogP contribution in [0, 0.1) is 11.8 Å². The average molecular weight is 377 g/mol. The lowest BCUT2D eigenvalue weighted by Gasteiger charge is -2.44. The molecule has 3 aliphatic rings. The van der Waals surface area contributed by atoms with Gasteiger partial charge in [-0.05, 0) is 43.4 Å². The molecule has 5 rings (SSSR count). The zero-order valence-electron chi connectivity index (χ0n) is 16.2. The lowest BCUT2D eigenvalue weighted by molar-refractivity contribution is -0.139. The van der Waals surface area contributed by atoms with Crippen LogP contribution in [0.5, 0.6) is 0 Å². The fourth-order valence-corrected chi connectivity index (χ4v) is 5.48. The summed E-state index contributed by atoms with van der Waals surface area (Å²) in [5, 5.41) is 0. The summed E-state index contributed by atoms with van der Waals surface area (Å²) >= 11 is 0. The quantitative estimate of drug-likeness (QED) is 0.806. The van der Waals surface area contributed by atoms with E-state index in [-0.39, 0.29) is 17.4 Å². The second-order valence-electron chi connectivity index (χ2n) is 8.71. The molecule has 2 fully saturated rings. The van der Waals surface area contributed by atoms with Crippen molar-refractivity contribution >= 4 is 5.91 Å². The smallest absolute Gasteiger partial charge is 0.258 e. The first-order valence-electron chi connectivity index (χ1n) is 10.6. The molecule has 2 bridgehead atoms. The highest BCUT2D eigenvalue weighted by molar-refractivity contribution is 5.79. The summed E-state index contributed by atoms with van der Waals surface area (Å²) in [5.41, 5.74) is 2.75. The Morgan fingerprint density at radius 1 is 1.04 bits per heavy atom. The van der Waals surface area contributed by atoms with Gasteiger partial charge in [0.1, 0.15) is 0 Å². The van der Waals surface area contributed by atoms with Gasteiger partial charge in [-0.1, -0.05) is 25.3 Å². The van der Waals surface area contributed by atoms with Crippen LogP contribution in [0.4, 0.5) is 0 Å². The number of aromatic nitrogens is 2. The third kappa shape index (κ3) is 3.07. The number of amides is 1. The van der Waals surface area contributed by atoms with Gasteiger partial charge in [-0.25, -0.2) is 0 Å². The van der Waals surface area contributed by atoms with Crippen LogP contribution >= 0.6 is 0 Å². The Kier molecular flexibility index (Phi) is 4.53. The molecule has 2 aliphatic heterocycles. The molecule has 0 radical (unpaired) electrons. The molecular formula is C23H27N3O2. The van der Waals surface area contributed by atoms with E-state index in [0.717, 1.165) is 43.6 Å². The molecule has 0 aromatic carbocycles. The van der Waals surface area contributed by atoms with Gasteiger partial charge in [0.2, 0.25) is 5.91 Å². The molecule has 0 unspecified atom stereocenters. The molecule has 0 N–H and O–H groups in total. The normalized spacial score (nSPS) is 24.6. The molecular weight excluding hydrogens is 350 g/mol. The van der Waals surface area contributed by atoms with Crippen LogP contribution in [-0.2, 0) is 11.3 Å². The molecule has 2 aromatic rings. The first kappa shape index (κ1) is 17.7. The highest BCUT2D eigenvalue weighted by Crippen LogP contribution is 2.37. The zero-order chi connectivity index (χ0) is 19.1. The van der Waals surface area contributed by atoms with Gasteiger partial charge < -0.3 is 9.47 Å². The third-order valence-electron chi connectivity index (χ3n) is 6.84. The summed E-state index contributed by atoms with van der Waals surface area (Å²) in [4.78, 5) is 32.5. The number of fused-ring (bicyclic) bond motifs is 4. The van der Waals surface area contributed by atoms with E-state index in [1.54, 1.807) is 12.4 Å². The van der Waals surface area contributed by atoms with Crippen molar-refractivity contribution in [2.45, 2.75) is 51.0 Å². The first-order chi connectivity index (χ1) is 13.7. The molecule has 146 valence electrons. The van der Waals surface area contributed by atoms with Crippen LogP contribution in [0.15, 0.2) is 41.5 Å². The second kappa shape index (κ2) is 7.19. The Morgan fingerprint density at radius 2 is 1.89 bits per heavy atom. The standard InChI is InChI=1S/C23H27N3O2/c27-22(17-5-2-1-3-6-17)25-13-16-11-19(15-25)21-9-8-20(23(28)26(21)14-16)18-7-4-10-24-12-18/h4,7-10,12,16-17,19H,1-3,5-6,11,13-15H2/t16-,19+/m0/s1. The monoisotopic (exact) mass is 377 g/mol. The predicted octanol–water partition coefficient (Wildman–Crippen LogP) is 3.44. The van der Waals surface area contributed by atoms with Crippen molar-refractivity contribution in [1.82, 2.24) is 14.5 Å². The van der Waals surface area contributed by atoms with Gasteiger partial charge in [-0.3, -0.25) is 14.6 Å². The van der Waals surface area contributed by atoms with Crippen LogP contribution in [0.25, 0.3) is 11.1 Å². The Labute approximate surface area is 165 Å². The minimum absolute atomic E-state index is 0.0762. The van der Waals surface area contributed by atoms with Crippen molar-refractivity contribution in [3.8, 4) is 11.1 Å². The Bertz CT molecular complexity index is 931. The molecule has 1 saturated carbocycles. The molecule has 2 atom stereocenters. The molecule has 28 heavy (non-hydrogen) atoms. The third-order valence-corrected chi connectivity index (χ3v) is 6.84. The Balaban J connectivity index is 1.42. The fourth-order valence-electron chi connectivity index (χ4n) is 5.48.